The molecule has 2 aromatic rings. The minimum absolute atomic E-state index is 0.790. The topological polar surface area (TPSA) is 21.5 Å². The lowest BCUT2D eigenvalue weighted by molar-refractivity contribution is -0.547. The third-order valence-electron chi connectivity index (χ3n) is 5.83. The van der Waals surface area contributed by atoms with E-state index in [1.807, 2.05) is 18.2 Å². The quantitative estimate of drug-likeness (QED) is 0.187. The lowest BCUT2D eigenvalue weighted by Crippen LogP contribution is -2.32. The zero-order chi connectivity index (χ0) is 27.8. The molecular formula is C29H24BBr2F4NO2. The van der Waals surface area contributed by atoms with Crippen LogP contribution >= 0.6 is 31.9 Å². The monoisotopic (exact) mass is 663 g/mol. The van der Waals surface area contributed by atoms with E-state index >= 15 is 0 Å². The Hall–Kier alpha value is -2.95. The van der Waals surface area contributed by atoms with E-state index in [4.69, 9.17) is 9.47 Å². The maximum absolute atomic E-state index is 9.75. The molecule has 10 heteroatoms. The zero-order valence-electron chi connectivity index (χ0n) is 20.7. The molecule has 1 saturated heterocycles. The minimum atomic E-state index is -6.00. The van der Waals surface area contributed by atoms with Crippen LogP contribution in [-0.4, -0.2) is 43.8 Å². The number of morpholine rings is 1. The molecular weight excluding hydrogens is 641 g/mol. The van der Waals surface area contributed by atoms with Crippen LogP contribution in [0, 0.1) is 0 Å². The van der Waals surface area contributed by atoms with Crippen molar-refractivity contribution in [1.82, 2.24) is 0 Å². The first-order chi connectivity index (χ1) is 18.6. The summed E-state index contributed by atoms with van der Waals surface area (Å²) in [5.74, 6) is 1.63. The summed E-state index contributed by atoms with van der Waals surface area (Å²) in [6.45, 7) is 3.46. The minimum Gasteiger partial charge on any atom is -0.457 e. The molecule has 0 radical (unpaired) electrons. The lowest BCUT2D eigenvalue weighted by Gasteiger charge is -2.18. The predicted molar refractivity (Wildman–Crippen MR) is 156 cm³/mol. The first-order valence-electron chi connectivity index (χ1n) is 12.1. The third-order valence-corrected chi connectivity index (χ3v) is 6.89. The molecule has 2 aliphatic heterocycles. The number of ether oxygens (including phenoxy) is 2. The molecule has 0 spiro atoms. The number of benzene rings is 2. The number of allylic oxidation sites excluding steroid dienone is 10. The first kappa shape index (κ1) is 29.0. The molecule has 39 heavy (non-hydrogen) atoms. The fraction of sp³-hybridized carbons (Fsp3) is 0.138. The second-order valence-corrected chi connectivity index (χ2v) is 10.5. The van der Waals surface area contributed by atoms with Crippen molar-refractivity contribution in [3.8, 4) is 0 Å². The van der Waals surface area contributed by atoms with Crippen molar-refractivity contribution >= 4 is 56.2 Å². The molecule has 0 bridgehead atoms. The fourth-order valence-corrected chi connectivity index (χ4v) is 4.49. The molecule has 3 nitrogen and oxygen atoms in total. The van der Waals surface area contributed by atoms with Crippen LogP contribution in [0.5, 0.6) is 0 Å². The van der Waals surface area contributed by atoms with Crippen LogP contribution < -0.4 is 0 Å². The molecule has 5 rings (SSSR count). The molecule has 0 atom stereocenters. The lowest BCUT2D eigenvalue weighted by atomic mass is 10.0. The van der Waals surface area contributed by atoms with Crippen molar-refractivity contribution in [3.63, 3.8) is 0 Å². The van der Waals surface area contributed by atoms with Crippen molar-refractivity contribution in [2.45, 2.75) is 0 Å². The van der Waals surface area contributed by atoms with Crippen LogP contribution in [0.3, 0.4) is 0 Å². The Kier molecular flexibility index (Phi) is 9.99. The van der Waals surface area contributed by atoms with Crippen molar-refractivity contribution in [3.05, 3.63) is 129 Å². The summed E-state index contributed by atoms with van der Waals surface area (Å²) in [5, 5.41) is 0. The highest BCUT2D eigenvalue weighted by Crippen LogP contribution is 2.33. The van der Waals surface area contributed by atoms with Gasteiger partial charge in [0.25, 0.3) is 0 Å². The summed E-state index contributed by atoms with van der Waals surface area (Å²) in [7, 11) is -6.00. The Balaban J connectivity index is 0.000000648. The zero-order valence-corrected chi connectivity index (χ0v) is 23.8. The van der Waals surface area contributed by atoms with Gasteiger partial charge in [0.2, 0.25) is 0 Å². The largest absolute Gasteiger partial charge is 0.673 e. The van der Waals surface area contributed by atoms with Gasteiger partial charge in [-0.15, -0.1) is 0 Å². The Labute approximate surface area is 241 Å². The number of nitrogens with zero attached hydrogens (tertiary/aromatic N) is 1. The second kappa shape index (κ2) is 13.4. The van der Waals surface area contributed by atoms with Crippen molar-refractivity contribution in [2.24, 2.45) is 0 Å². The predicted octanol–water partition coefficient (Wildman–Crippen LogP) is 8.39. The summed E-state index contributed by atoms with van der Waals surface area (Å²) >= 11 is 7.04. The van der Waals surface area contributed by atoms with Gasteiger partial charge in [-0.05, 0) is 71.4 Å². The molecule has 202 valence electrons. The number of hydrogen-bond donors (Lipinski definition) is 0. The summed E-state index contributed by atoms with van der Waals surface area (Å²) in [4.78, 5) is 0. The average Bonchev–Trinajstić information content (AvgIpc) is 2.92. The van der Waals surface area contributed by atoms with Gasteiger partial charge in [0.05, 0.1) is 0 Å². The molecule has 0 N–H and O–H groups in total. The van der Waals surface area contributed by atoms with E-state index < -0.39 is 7.25 Å². The van der Waals surface area contributed by atoms with Gasteiger partial charge in [-0.2, -0.15) is 0 Å². The van der Waals surface area contributed by atoms with Gasteiger partial charge >= 0.3 is 7.25 Å². The molecule has 1 aliphatic carbocycles. The van der Waals surface area contributed by atoms with Crippen LogP contribution in [0.25, 0.3) is 11.3 Å². The fourth-order valence-electron chi connectivity index (χ4n) is 3.97. The van der Waals surface area contributed by atoms with Gasteiger partial charge in [0.1, 0.15) is 24.7 Å². The molecule has 0 aromatic heterocycles. The smallest absolute Gasteiger partial charge is 0.457 e. The third kappa shape index (κ3) is 9.34. The van der Waals surface area contributed by atoms with Gasteiger partial charge in [-0.25, -0.2) is 4.58 Å². The Morgan fingerprint density at radius 3 is 1.82 bits per heavy atom. The Morgan fingerprint density at radius 1 is 0.718 bits per heavy atom. The van der Waals surface area contributed by atoms with E-state index in [0.717, 1.165) is 69.0 Å². The molecule has 1 fully saturated rings. The van der Waals surface area contributed by atoms with Gasteiger partial charge in [-0.1, -0.05) is 62.2 Å². The van der Waals surface area contributed by atoms with Crippen LogP contribution in [0.2, 0.25) is 0 Å². The van der Waals surface area contributed by atoms with E-state index in [2.05, 4.69) is 115 Å². The summed E-state index contributed by atoms with van der Waals surface area (Å²) < 4.78 is 55.2. The van der Waals surface area contributed by atoms with E-state index in [0.29, 0.717) is 0 Å². The molecule has 3 aliphatic rings. The molecule has 0 saturated carbocycles. The van der Waals surface area contributed by atoms with Gasteiger partial charge < -0.3 is 26.7 Å². The maximum atomic E-state index is 9.75. The maximum Gasteiger partial charge on any atom is 0.673 e. The number of rotatable bonds is 3. The molecule has 0 amide bonds. The second-order valence-electron chi connectivity index (χ2n) is 8.65. The average molecular weight is 665 g/mol. The van der Waals surface area contributed by atoms with Crippen LogP contribution in [0.15, 0.2) is 117 Å². The highest BCUT2D eigenvalue weighted by atomic mass is 79.9. The van der Waals surface area contributed by atoms with Gasteiger partial charge in [0.15, 0.2) is 18.8 Å². The first-order valence-corrected chi connectivity index (χ1v) is 13.7. The van der Waals surface area contributed by atoms with Crippen LogP contribution in [0.1, 0.15) is 11.1 Å². The van der Waals surface area contributed by atoms with E-state index in [1.54, 1.807) is 0 Å². The molecule has 0 unspecified atom stereocenters. The van der Waals surface area contributed by atoms with Crippen molar-refractivity contribution in [1.29, 1.82) is 0 Å². The Morgan fingerprint density at radius 2 is 1.26 bits per heavy atom. The standard InChI is InChI=1S/C29H24Br2NO2.BF4/c30-25-8-4-22(5-9-25)24-19-28(34-29(20-24)23-6-10-26(31)11-7-23)14-3-21-1-12-27(13-2-21)32-15-17-33-18-16-32;2-1(3,4)5/h1-14,19-20H,15-18H2;/q+1;-1. The van der Waals surface area contributed by atoms with Crippen molar-refractivity contribution in [2.75, 3.05) is 26.3 Å². The van der Waals surface area contributed by atoms with Crippen LogP contribution in [-0.2, 0) is 9.47 Å². The highest BCUT2D eigenvalue weighted by molar-refractivity contribution is 9.10. The van der Waals surface area contributed by atoms with Gasteiger partial charge in [-0.3, -0.25) is 0 Å². The summed E-state index contributed by atoms with van der Waals surface area (Å²) in [6, 6.07) is 16.5. The summed E-state index contributed by atoms with van der Waals surface area (Å²) in [5.41, 5.74) is 5.65. The van der Waals surface area contributed by atoms with E-state index in [-0.39, 0.29) is 0 Å². The number of hydrogen-bond acceptors (Lipinski definition) is 2. The van der Waals surface area contributed by atoms with Crippen LogP contribution in [0.4, 0.5) is 17.3 Å². The van der Waals surface area contributed by atoms with E-state index in [9.17, 15) is 17.3 Å². The molecule has 2 heterocycles. The molecule has 2 aromatic carbocycles. The SMILES string of the molecule is Brc1ccc(C2=CC(=CC=C3C=CC(=[N+]4CCOCC4)C=C3)OC(c3ccc(Br)cc3)=C2)cc1.F[B-](F)(F)F. The number of halogens is 6. The highest BCUT2D eigenvalue weighted by Gasteiger charge is 2.20. The Bertz CT molecular complexity index is 1370. The van der Waals surface area contributed by atoms with Crippen molar-refractivity contribution < 1.29 is 31.3 Å². The summed E-state index contributed by atoms with van der Waals surface area (Å²) in [6.07, 6.45) is 17.0. The normalized spacial score (nSPS) is 18.2. The van der Waals surface area contributed by atoms with E-state index in [1.165, 1.54) is 5.71 Å². The van der Waals surface area contributed by atoms with Gasteiger partial charge in [0, 0.05) is 26.7 Å².